The Morgan fingerprint density at radius 3 is 2.42 bits per heavy atom. The maximum Gasteiger partial charge on any atom is 0.0600 e. The van der Waals surface area contributed by atoms with Gasteiger partial charge in [-0.2, -0.15) is 0 Å². The van der Waals surface area contributed by atoms with Crippen LogP contribution in [-0.4, -0.2) is 48.8 Å². The number of nitrogens with one attached hydrogen (secondary N) is 1. The minimum atomic E-state index is -0.0168. The van der Waals surface area contributed by atoms with E-state index >= 15 is 0 Å². The van der Waals surface area contributed by atoms with Gasteiger partial charge in [-0.15, -0.1) is 0 Å². The lowest BCUT2D eigenvalue weighted by molar-refractivity contribution is -0.0230. The third-order valence-corrected chi connectivity index (χ3v) is 3.79. The van der Waals surface area contributed by atoms with Crippen molar-refractivity contribution in [2.75, 3.05) is 26.2 Å². The first-order chi connectivity index (χ1) is 8.96. The van der Waals surface area contributed by atoms with Gasteiger partial charge in [0.1, 0.15) is 0 Å². The zero-order valence-electron chi connectivity index (χ0n) is 13.7. The maximum atomic E-state index is 5.89. The Balaban J connectivity index is 2.42. The van der Waals surface area contributed by atoms with Crippen molar-refractivity contribution < 1.29 is 4.74 Å². The van der Waals surface area contributed by atoms with Gasteiger partial charge in [-0.25, -0.2) is 0 Å². The van der Waals surface area contributed by atoms with Crippen molar-refractivity contribution in [1.29, 1.82) is 0 Å². The second-order valence-electron chi connectivity index (χ2n) is 6.79. The van der Waals surface area contributed by atoms with Crippen molar-refractivity contribution in [3.05, 3.63) is 0 Å². The number of hydrogen-bond donors (Lipinski definition) is 1. The zero-order chi connectivity index (χ0) is 14.3. The van der Waals surface area contributed by atoms with Gasteiger partial charge in [0, 0.05) is 31.7 Å². The van der Waals surface area contributed by atoms with Crippen LogP contribution in [0.15, 0.2) is 0 Å². The molecule has 114 valence electrons. The summed E-state index contributed by atoms with van der Waals surface area (Å²) in [5.74, 6) is 0. The van der Waals surface area contributed by atoms with Gasteiger partial charge in [0.25, 0.3) is 0 Å². The van der Waals surface area contributed by atoms with Crippen molar-refractivity contribution in [1.82, 2.24) is 10.2 Å². The molecule has 1 N–H and O–H groups in total. The molecule has 19 heavy (non-hydrogen) atoms. The second kappa shape index (κ2) is 8.23. The first-order valence-corrected chi connectivity index (χ1v) is 8.07. The molecule has 0 bridgehead atoms. The number of rotatable bonds is 7. The topological polar surface area (TPSA) is 24.5 Å². The lowest BCUT2D eigenvalue weighted by Gasteiger charge is -2.41. The molecule has 0 amide bonds. The molecule has 0 aliphatic carbocycles. The Morgan fingerprint density at radius 2 is 1.84 bits per heavy atom. The lowest BCUT2D eigenvalue weighted by atomic mass is 10.0. The van der Waals surface area contributed by atoms with Gasteiger partial charge in [0.2, 0.25) is 0 Å². The van der Waals surface area contributed by atoms with Gasteiger partial charge >= 0.3 is 0 Å². The Kier molecular flexibility index (Phi) is 7.33. The zero-order valence-corrected chi connectivity index (χ0v) is 13.7. The normalized spacial score (nSPS) is 25.7. The lowest BCUT2D eigenvalue weighted by Crippen LogP contribution is -2.57. The molecule has 0 saturated carbocycles. The molecule has 1 heterocycles. The van der Waals surface area contributed by atoms with Crippen molar-refractivity contribution in [2.24, 2.45) is 0 Å². The van der Waals surface area contributed by atoms with E-state index in [1.807, 2.05) is 0 Å². The van der Waals surface area contributed by atoms with Gasteiger partial charge in [-0.1, -0.05) is 26.7 Å². The molecule has 1 rings (SSSR count). The largest absolute Gasteiger partial charge is 0.375 e. The molecule has 0 radical (unpaired) electrons. The fraction of sp³-hybridized carbons (Fsp3) is 1.00. The summed E-state index contributed by atoms with van der Waals surface area (Å²) in [5, 5.41) is 3.71. The molecule has 3 heteroatoms. The SMILES string of the molecule is CCCC1CN(CCOC(C)(C)C)C(CCC)CN1. The average molecular weight is 270 g/mol. The summed E-state index contributed by atoms with van der Waals surface area (Å²) in [4.78, 5) is 2.64. The van der Waals surface area contributed by atoms with E-state index in [2.05, 4.69) is 44.8 Å². The number of ether oxygens (including phenoxy) is 1. The van der Waals surface area contributed by atoms with E-state index in [1.165, 1.54) is 32.2 Å². The maximum absolute atomic E-state index is 5.89. The quantitative estimate of drug-likeness (QED) is 0.769. The minimum absolute atomic E-state index is 0.0168. The highest BCUT2D eigenvalue weighted by molar-refractivity contribution is 4.85. The molecule has 0 aromatic heterocycles. The van der Waals surface area contributed by atoms with Crippen molar-refractivity contribution in [2.45, 2.75) is 78.0 Å². The van der Waals surface area contributed by atoms with Gasteiger partial charge < -0.3 is 10.1 Å². The fourth-order valence-electron chi connectivity index (χ4n) is 2.83. The Hall–Kier alpha value is -0.120. The third-order valence-electron chi connectivity index (χ3n) is 3.79. The number of piperazine rings is 1. The van der Waals surface area contributed by atoms with Crippen LogP contribution in [0.4, 0.5) is 0 Å². The minimum Gasteiger partial charge on any atom is -0.375 e. The van der Waals surface area contributed by atoms with Crippen LogP contribution in [0.25, 0.3) is 0 Å². The molecule has 1 fully saturated rings. The van der Waals surface area contributed by atoms with E-state index in [4.69, 9.17) is 4.74 Å². The van der Waals surface area contributed by atoms with Crippen LogP contribution in [0.2, 0.25) is 0 Å². The first-order valence-electron chi connectivity index (χ1n) is 8.07. The van der Waals surface area contributed by atoms with E-state index in [-0.39, 0.29) is 5.60 Å². The van der Waals surface area contributed by atoms with Crippen molar-refractivity contribution >= 4 is 0 Å². The Bertz CT molecular complexity index is 237. The van der Waals surface area contributed by atoms with E-state index in [1.54, 1.807) is 0 Å². The van der Waals surface area contributed by atoms with Crippen LogP contribution < -0.4 is 5.32 Å². The van der Waals surface area contributed by atoms with E-state index in [0.29, 0.717) is 12.1 Å². The number of nitrogens with zero attached hydrogens (tertiary/aromatic N) is 1. The summed E-state index contributed by atoms with van der Waals surface area (Å²) in [6.45, 7) is 15.2. The van der Waals surface area contributed by atoms with Gasteiger partial charge in [0.15, 0.2) is 0 Å². The third kappa shape index (κ3) is 6.73. The highest BCUT2D eigenvalue weighted by Crippen LogP contribution is 2.15. The van der Waals surface area contributed by atoms with Crippen LogP contribution in [0.5, 0.6) is 0 Å². The summed E-state index contributed by atoms with van der Waals surface area (Å²) in [5.41, 5.74) is -0.0168. The molecule has 1 aliphatic heterocycles. The molecule has 0 aromatic rings. The fourth-order valence-corrected chi connectivity index (χ4v) is 2.83. The average Bonchev–Trinajstić information content (AvgIpc) is 2.31. The second-order valence-corrected chi connectivity index (χ2v) is 6.79. The molecule has 0 spiro atoms. The van der Waals surface area contributed by atoms with Crippen LogP contribution >= 0.6 is 0 Å². The monoisotopic (exact) mass is 270 g/mol. The van der Waals surface area contributed by atoms with Gasteiger partial charge in [0.05, 0.1) is 12.2 Å². The predicted molar refractivity (Wildman–Crippen MR) is 82.7 cm³/mol. The molecule has 3 nitrogen and oxygen atoms in total. The van der Waals surface area contributed by atoms with Gasteiger partial charge in [-0.3, -0.25) is 4.90 Å². The van der Waals surface area contributed by atoms with E-state index < -0.39 is 0 Å². The summed E-state index contributed by atoms with van der Waals surface area (Å²) < 4.78 is 5.89. The predicted octanol–water partition coefficient (Wildman–Crippen LogP) is 3.04. The summed E-state index contributed by atoms with van der Waals surface area (Å²) in [7, 11) is 0. The summed E-state index contributed by atoms with van der Waals surface area (Å²) in [6.07, 6.45) is 5.11. The van der Waals surface area contributed by atoms with Crippen molar-refractivity contribution in [3.63, 3.8) is 0 Å². The first kappa shape index (κ1) is 16.9. The van der Waals surface area contributed by atoms with E-state index in [0.717, 1.165) is 19.7 Å². The smallest absolute Gasteiger partial charge is 0.0600 e. The molecule has 2 atom stereocenters. The Morgan fingerprint density at radius 1 is 1.16 bits per heavy atom. The van der Waals surface area contributed by atoms with Crippen molar-refractivity contribution in [3.8, 4) is 0 Å². The molecule has 1 saturated heterocycles. The van der Waals surface area contributed by atoms with E-state index in [9.17, 15) is 0 Å². The summed E-state index contributed by atoms with van der Waals surface area (Å²) >= 11 is 0. The highest BCUT2D eigenvalue weighted by Gasteiger charge is 2.26. The molecule has 1 aliphatic rings. The van der Waals surface area contributed by atoms with Crippen LogP contribution in [0.1, 0.15) is 60.3 Å². The molecule has 0 aromatic carbocycles. The van der Waals surface area contributed by atoms with Crippen LogP contribution in [-0.2, 0) is 4.74 Å². The number of hydrogen-bond acceptors (Lipinski definition) is 3. The molecular formula is C16H34N2O. The molecular weight excluding hydrogens is 236 g/mol. The van der Waals surface area contributed by atoms with Gasteiger partial charge in [-0.05, 0) is 33.6 Å². The summed E-state index contributed by atoms with van der Waals surface area (Å²) in [6, 6.07) is 1.37. The standard InChI is InChI=1S/C16H34N2O/c1-6-8-14-13-18(10-11-19-16(3,4)5)15(9-7-2)12-17-14/h14-15,17H,6-13H2,1-5H3. The Labute approximate surface area is 120 Å². The van der Waals surface area contributed by atoms with Crippen LogP contribution in [0.3, 0.4) is 0 Å². The van der Waals surface area contributed by atoms with Crippen LogP contribution in [0, 0.1) is 0 Å². The molecule has 2 unspecified atom stereocenters. The highest BCUT2D eigenvalue weighted by atomic mass is 16.5.